The molecule has 0 aliphatic rings. The molecule has 1 unspecified atom stereocenters. The number of aromatic amines is 1. The zero-order chi connectivity index (χ0) is 14.9. The number of hydrogen-bond acceptors (Lipinski definition) is 3. The lowest BCUT2D eigenvalue weighted by Gasteiger charge is -2.13. The molecule has 0 fully saturated rings. The second-order valence-corrected chi connectivity index (χ2v) is 6.30. The summed E-state index contributed by atoms with van der Waals surface area (Å²) >= 11 is 0. The molecule has 108 valence electrons. The molecule has 5 nitrogen and oxygen atoms in total. The summed E-state index contributed by atoms with van der Waals surface area (Å²) in [5.41, 5.74) is 8.17. The molecular formula is C15H22N4O. The van der Waals surface area contributed by atoms with Gasteiger partial charge in [-0.2, -0.15) is 0 Å². The molecule has 0 aliphatic carbocycles. The van der Waals surface area contributed by atoms with Crippen molar-refractivity contribution in [2.75, 3.05) is 5.32 Å². The van der Waals surface area contributed by atoms with Crippen LogP contribution in [0.2, 0.25) is 0 Å². The first-order valence-corrected chi connectivity index (χ1v) is 6.81. The van der Waals surface area contributed by atoms with Crippen molar-refractivity contribution in [1.82, 2.24) is 9.97 Å². The molecular weight excluding hydrogens is 252 g/mol. The molecule has 5 heteroatoms. The van der Waals surface area contributed by atoms with Crippen molar-refractivity contribution >= 4 is 22.6 Å². The van der Waals surface area contributed by atoms with Gasteiger partial charge < -0.3 is 16.0 Å². The third kappa shape index (κ3) is 3.36. The number of benzene rings is 1. The van der Waals surface area contributed by atoms with Gasteiger partial charge >= 0.3 is 0 Å². The number of nitrogens with one attached hydrogen (secondary N) is 2. The molecule has 20 heavy (non-hydrogen) atoms. The third-order valence-electron chi connectivity index (χ3n) is 2.98. The lowest BCUT2D eigenvalue weighted by atomic mass is 9.96. The molecule has 4 N–H and O–H groups in total. The van der Waals surface area contributed by atoms with E-state index in [4.69, 9.17) is 5.73 Å². The Labute approximate surface area is 119 Å². The van der Waals surface area contributed by atoms with Crippen molar-refractivity contribution in [1.29, 1.82) is 0 Å². The standard InChI is InChI=1S/C15H22N4O/c1-9(16)7-13(20)17-10-5-6-11-12(8-10)19-14(18-11)15(2,3)4/h5-6,8-9H,7,16H2,1-4H3,(H,17,20)(H,18,19). The molecule has 0 aliphatic heterocycles. The molecule has 0 saturated heterocycles. The Morgan fingerprint density at radius 1 is 1.45 bits per heavy atom. The van der Waals surface area contributed by atoms with Gasteiger partial charge in [0.15, 0.2) is 0 Å². The Balaban J connectivity index is 2.23. The minimum Gasteiger partial charge on any atom is -0.341 e. The number of H-pyrrole nitrogens is 1. The summed E-state index contributed by atoms with van der Waals surface area (Å²) in [6.45, 7) is 8.13. The fourth-order valence-corrected chi connectivity index (χ4v) is 1.95. The van der Waals surface area contributed by atoms with E-state index in [2.05, 4.69) is 36.1 Å². The number of amides is 1. The van der Waals surface area contributed by atoms with E-state index >= 15 is 0 Å². The normalized spacial score (nSPS) is 13.4. The number of rotatable bonds is 3. The topological polar surface area (TPSA) is 83.8 Å². The van der Waals surface area contributed by atoms with Crippen LogP contribution in [0.25, 0.3) is 11.0 Å². The molecule has 0 bridgehead atoms. The minimum atomic E-state index is -0.140. The van der Waals surface area contributed by atoms with Crippen LogP contribution >= 0.6 is 0 Å². The van der Waals surface area contributed by atoms with Gasteiger partial charge in [0.1, 0.15) is 5.82 Å². The van der Waals surface area contributed by atoms with Crippen LogP contribution in [0.1, 0.15) is 39.9 Å². The van der Waals surface area contributed by atoms with E-state index in [1.165, 1.54) is 0 Å². The van der Waals surface area contributed by atoms with Crippen LogP contribution in [0, 0.1) is 0 Å². The number of aromatic nitrogens is 2. The molecule has 1 aromatic carbocycles. The number of carbonyl (C=O) groups is 1. The van der Waals surface area contributed by atoms with Crippen LogP contribution in [0.15, 0.2) is 18.2 Å². The molecule has 1 heterocycles. The highest BCUT2D eigenvalue weighted by atomic mass is 16.1. The van der Waals surface area contributed by atoms with Crippen LogP contribution in [0.4, 0.5) is 5.69 Å². The van der Waals surface area contributed by atoms with Gasteiger partial charge in [0.25, 0.3) is 0 Å². The van der Waals surface area contributed by atoms with E-state index in [-0.39, 0.29) is 17.4 Å². The lowest BCUT2D eigenvalue weighted by molar-refractivity contribution is -0.116. The monoisotopic (exact) mass is 274 g/mol. The Bertz CT molecular complexity index is 622. The van der Waals surface area contributed by atoms with Crippen molar-refractivity contribution in [3.05, 3.63) is 24.0 Å². The second kappa shape index (κ2) is 5.25. The maximum absolute atomic E-state index is 11.7. The van der Waals surface area contributed by atoms with Gasteiger partial charge in [-0.05, 0) is 25.1 Å². The van der Waals surface area contributed by atoms with Gasteiger partial charge in [0.05, 0.1) is 11.0 Å². The molecule has 0 saturated carbocycles. The average Bonchev–Trinajstić information content (AvgIpc) is 2.70. The number of anilines is 1. The number of nitrogens with two attached hydrogens (primary N) is 1. The molecule has 1 amide bonds. The van der Waals surface area contributed by atoms with Crippen molar-refractivity contribution in [3.63, 3.8) is 0 Å². The Morgan fingerprint density at radius 3 is 2.75 bits per heavy atom. The number of fused-ring (bicyclic) bond motifs is 1. The van der Waals surface area contributed by atoms with Crippen molar-refractivity contribution < 1.29 is 4.79 Å². The fraction of sp³-hybridized carbons (Fsp3) is 0.467. The van der Waals surface area contributed by atoms with E-state index in [1.807, 2.05) is 25.1 Å². The molecule has 2 rings (SSSR count). The van der Waals surface area contributed by atoms with E-state index < -0.39 is 0 Å². The second-order valence-electron chi connectivity index (χ2n) is 6.30. The maximum atomic E-state index is 11.7. The third-order valence-corrected chi connectivity index (χ3v) is 2.98. The summed E-state index contributed by atoms with van der Waals surface area (Å²) in [6, 6.07) is 5.52. The first kappa shape index (κ1) is 14.5. The maximum Gasteiger partial charge on any atom is 0.225 e. The smallest absolute Gasteiger partial charge is 0.225 e. The fourth-order valence-electron chi connectivity index (χ4n) is 1.95. The first-order chi connectivity index (χ1) is 9.25. The van der Waals surface area contributed by atoms with Crippen LogP contribution in [-0.2, 0) is 10.2 Å². The number of imidazole rings is 1. The summed E-state index contributed by atoms with van der Waals surface area (Å²) in [7, 11) is 0. The molecule has 1 aromatic heterocycles. The predicted octanol–water partition coefficient (Wildman–Crippen LogP) is 2.54. The van der Waals surface area contributed by atoms with Gasteiger partial charge in [-0.15, -0.1) is 0 Å². The van der Waals surface area contributed by atoms with Crippen LogP contribution in [-0.4, -0.2) is 21.9 Å². The van der Waals surface area contributed by atoms with Crippen molar-refractivity contribution in [3.8, 4) is 0 Å². The van der Waals surface area contributed by atoms with E-state index in [1.54, 1.807) is 0 Å². The number of carbonyl (C=O) groups excluding carboxylic acids is 1. The van der Waals surface area contributed by atoms with Gasteiger partial charge in [-0.3, -0.25) is 4.79 Å². The summed E-state index contributed by atoms with van der Waals surface area (Å²) in [6.07, 6.45) is 0.314. The minimum absolute atomic E-state index is 0.0303. The summed E-state index contributed by atoms with van der Waals surface area (Å²) in [4.78, 5) is 19.6. The molecule has 0 radical (unpaired) electrons. The van der Waals surface area contributed by atoms with E-state index in [9.17, 15) is 4.79 Å². The van der Waals surface area contributed by atoms with Crippen LogP contribution < -0.4 is 11.1 Å². The van der Waals surface area contributed by atoms with Crippen molar-refractivity contribution in [2.24, 2.45) is 5.73 Å². The van der Waals surface area contributed by atoms with Gasteiger partial charge in [-0.1, -0.05) is 20.8 Å². The molecule has 2 aromatic rings. The number of nitrogens with zero attached hydrogens (tertiary/aromatic N) is 1. The zero-order valence-corrected chi connectivity index (χ0v) is 12.4. The SMILES string of the molecule is CC(N)CC(=O)Nc1ccc2nc(C(C)(C)C)[nH]c2c1. The van der Waals surface area contributed by atoms with Crippen LogP contribution in [0.5, 0.6) is 0 Å². The summed E-state index contributed by atoms with van der Waals surface area (Å²) in [5, 5.41) is 2.85. The summed E-state index contributed by atoms with van der Waals surface area (Å²) in [5.74, 6) is 0.862. The van der Waals surface area contributed by atoms with E-state index in [0.717, 1.165) is 22.5 Å². The largest absolute Gasteiger partial charge is 0.341 e. The van der Waals surface area contributed by atoms with Crippen LogP contribution in [0.3, 0.4) is 0 Å². The Hall–Kier alpha value is -1.88. The Kier molecular flexibility index (Phi) is 3.81. The van der Waals surface area contributed by atoms with E-state index in [0.29, 0.717) is 6.42 Å². The van der Waals surface area contributed by atoms with Gasteiger partial charge in [0.2, 0.25) is 5.91 Å². The van der Waals surface area contributed by atoms with Gasteiger partial charge in [-0.25, -0.2) is 4.98 Å². The highest BCUT2D eigenvalue weighted by Gasteiger charge is 2.18. The Morgan fingerprint density at radius 2 is 2.15 bits per heavy atom. The molecule has 0 spiro atoms. The van der Waals surface area contributed by atoms with Gasteiger partial charge in [0, 0.05) is 23.6 Å². The average molecular weight is 274 g/mol. The quantitative estimate of drug-likeness (QED) is 0.804. The summed E-state index contributed by atoms with van der Waals surface area (Å²) < 4.78 is 0. The molecule has 1 atom stereocenters. The first-order valence-electron chi connectivity index (χ1n) is 6.81. The highest BCUT2D eigenvalue weighted by Crippen LogP contribution is 2.24. The lowest BCUT2D eigenvalue weighted by Crippen LogP contribution is -2.23. The number of hydrogen-bond donors (Lipinski definition) is 3. The zero-order valence-electron chi connectivity index (χ0n) is 12.4. The van der Waals surface area contributed by atoms with Crippen molar-refractivity contribution in [2.45, 2.75) is 45.6 Å². The predicted molar refractivity (Wildman–Crippen MR) is 81.7 cm³/mol. The highest BCUT2D eigenvalue weighted by molar-refractivity contribution is 5.93.